The van der Waals surface area contributed by atoms with E-state index >= 15 is 0 Å². The van der Waals surface area contributed by atoms with Crippen molar-refractivity contribution in [3.8, 4) is 0 Å². The van der Waals surface area contributed by atoms with Gasteiger partial charge in [-0.3, -0.25) is 5.43 Å². The van der Waals surface area contributed by atoms with E-state index in [0.29, 0.717) is 5.11 Å². The van der Waals surface area contributed by atoms with Gasteiger partial charge >= 0.3 is 0 Å². The molecule has 0 unspecified atom stereocenters. The molecule has 0 aromatic heterocycles. The molecule has 1 aliphatic rings. The molecule has 1 fully saturated rings. The largest absolute Gasteiger partial charge is 0.335 e. The second-order valence-corrected chi connectivity index (χ2v) is 5.69. The molecule has 0 bridgehead atoms. The maximum atomic E-state index is 5.39. The monoisotopic (exact) mass is 279 g/mol. The van der Waals surface area contributed by atoms with Crippen LogP contribution in [0.15, 0.2) is 18.2 Å². The van der Waals surface area contributed by atoms with Crippen molar-refractivity contribution in [1.29, 1.82) is 0 Å². The Morgan fingerprint density at radius 2 is 1.79 bits per heavy atom. The lowest BCUT2D eigenvalue weighted by Crippen LogP contribution is -3.12. The van der Waals surface area contributed by atoms with Crippen LogP contribution in [0.4, 0.5) is 5.69 Å². The summed E-state index contributed by atoms with van der Waals surface area (Å²) in [6, 6.07) is 6.25. The van der Waals surface area contributed by atoms with Crippen molar-refractivity contribution >= 4 is 23.0 Å². The van der Waals surface area contributed by atoms with Crippen LogP contribution in [-0.2, 0) is 0 Å². The molecule has 4 nitrogen and oxygen atoms in total. The highest BCUT2D eigenvalue weighted by molar-refractivity contribution is 7.80. The van der Waals surface area contributed by atoms with Crippen LogP contribution >= 0.6 is 12.2 Å². The van der Waals surface area contributed by atoms with E-state index in [2.05, 4.69) is 54.8 Å². The van der Waals surface area contributed by atoms with Crippen LogP contribution < -0.4 is 15.6 Å². The van der Waals surface area contributed by atoms with Gasteiger partial charge in [0.05, 0.1) is 33.2 Å². The summed E-state index contributed by atoms with van der Waals surface area (Å²) in [6.45, 7) is 8.55. The van der Waals surface area contributed by atoms with Gasteiger partial charge in [-0.1, -0.05) is 18.2 Å². The quantitative estimate of drug-likeness (QED) is 0.682. The van der Waals surface area contributed by atoms with Crippen molar-refractivity contribution in [3.05, 3.63) is 29.3 Å². The fourth-order valence-electron chi connectivity index (χ4n) is 2.30. The molecule has 1 saturated heterocycles. The number of aryl methyl sites for hydroxylation is 2. The highest BCUT2D eigenvalue weighted by Gasteiger charge is 2.17. The van der Waals surface area contributed by atoms with Crippen molar-refractivity contribution < 1.29 is 4.90 Å². The smallest absolute Gasteiger partial charge is 0.185 e. The molecule has 0 amide bonds. The number of anilines is 1. The fraction of sp³-hybridized carbons (Fsp3) is 0.500. The van der Waals surface area contributed by atoms with Gasteiger partial charge < -0.3 is 10.2 Å². The van der Waals surface area contributed by atoms with E-state index in [4.69, 9.17) is 12.2 Å². The Hall–Kier alpha value is -1.17. The standard InChI is InChI=1S/C14H22N4S/c1-11-5-4-6-12(2)13(11)15-14(19)16-18-9-7-17(3)8-10-18/h4-6H,7-10H2,1-3H3,(H2,15,16,19)/p+1. The lowest BCUT2D eigenvalue weighted by Gasteiger charge is -2.31. The van der Waals surface area contributed by atoms with Gasteiger partial charge in [-0.2, -0.15) is 0 Å². The number of piperazine rings is 1. The van der Waals surface area contributed by atoms with E-state index in [1.54, 1.807) is 4.90 Å². The Bertz CT molecular complexity index is 433. The van der Waals surface area contributed by atoms with Crippen molar-refractivity contribution in [2.75, 3.05) is 38.5 Å². The molecule has 5 heteroatoms. The van der Waals surface area contributed by atoms with Crippen molar-refractivity contribution in [1.82, 2.24) is 10.4 Å². The number of hydrogen-bond acceptors (Lipinski definition) is 2. The number of quaternary nitrogens is 1. The molecule has 1 aromatic rings. The number of hydrogen-bond donors (Lipinski definition) is 3. The molecule has 1 aliphatic heterocycles. The molecular weight excluding hydrogens is 256 g/mol. The molecule has 0 aliphatic carbocycles. The number of nitrogens with zero attached hydrogens (tertiary/aromatic N) is 1. The maximum Gasteiger partial charge on any atom is 0.185 e. The first-order valence-electron chi connectivity index (χ1n) is 6.76. The average Bonchev–Trinajstić information content (AvgIpc) is 2.37. The summed E-state index contributed by atoms with van der Waals surface area (Å²) in [6.07, 6.45) is 0. The number of hydrazine groups is 1. The van der Waals surface area contributed by atoms with Crippen molar-refractivity contribution in [3.63, 3.8) is 0 Å². The van der Waals surface area contributed by atoms with Gasteiger partial charge in [0, 0.05) is 5.69 Å². The van der Waals surface area contributed by atoms with Gasteiger partial charge in [0.15, 0.2) is 5.11 Å². The fourth-order valence-corrected chi connectivity index (χ4v) is 2.53. The first kappa shape index (κ1) is 14.2. The SMILES string of the molecule is Cc1cccc(C)c1NC(=S)NN1CC[NH+](C)CC1. The number of para-hydroxylation sites is 1. The van der Waals surface area contributed by atoms with Gasteiger partial charge in [0.1, 0.15) is 0 Å². The Labute approximate surface area is 120 Å². The first-order valence-corrected chi connectivity index (χ1v) is 7.17. The summed E-state index contributed by atoms with van der Waals surface area (Å²) in [5.74, 6) is 0. The minimum absolute atomic E-state index is 0.678. The van der Waals surface area contributed by atoms with Gasteiger partial charge in [-0.25, -0.2) is 5.01 Å². The van der Waals surface area contributed by atoms with E-state index in [1.807, 2.05) is 0 Å². The molecule has 0 spiro atoms. The Morgan fingerprint density at radius 3 is 2.37 bits per heavy atom. The Kier molecular flexibility index (Phi) is 4.74. The number of thiocarbonyl (C=S) groups is 1. The summed E-state index contributed by atoms with van der Waals surface area (Å²) < 4.78 is 0. The van der Waals surface area contributed by atoms with Gasteiger partial charge in [-0.15, -0.1) is 0 Å². The van der Waals surface area contributed by atoms with Crippen LogP contribution in [0, 0.1) is 13.8 Å². The van der Waals surface area contributed by atoms with E-state index in [0.717, 1.165) is 31.9 Å². The lowest BCUT2D eigenvalue weighted by molar-refractivity contribution is -0.884. The third kappa shape index (κ3) is 3.89. The molecule has 0 radical (unpaired) electrons. The number of benzene rings is 1. The van der Waals surface area contributed by atoms with E-state index < -0.39 is 0 Å². The second kappa shape index (κ2) is 6.32. The van der Waals surface area contributed by atoms with Gasteiger partial charge in [-0.05, 0) is 37.2 Å². The topological polar surface area (TPSA) is 31.7 Å². The molecule has 0 atom stereocenters. The van der Waals surface area contributed by atoms with Crippen LogP contribution in [0.2, 0.25) is 0 Å². The average molecular weight is 279 g/mol. The number of rotatable bonds is 2. The molecule has 1 heterocycles. The number of nitrogens with one attached hydrogen (secondary N) is 3. The highest BCUT2D eigenvalue weighted by Crippen LogP contribution is 2.19. The lowest BCUT2D eigenvalue weighted by atomic mass is 10.1. The van der Waals surface area contributed by atoms with E-state index in [1.165, 1.54) is 11.1 Å². The zero-order chi connectivity index (χ0) is 13.8. The van der Waals surface area contributed by atoms with Gasteiger partial charge in [0.2, 0.25) is 0 Å². The maximum absolute atomic E-state index is 5.39. The molecule has 1 aromatic carbocycles. The third-order valence-corrected chi connectivity index (χ3v) is 3.79. The first-order chi connectivity index (χ1) is 9.06. The molecule has 3 N–H and O–H groups in total. The Balaban J connectivity index is 1.91. The zero-order valence-electron chi connectivity index (χ0n) is 11.9. The Morgan fingerprint density at radius 1 is 1.21 bits per heavy atom. The summed E-state index contributed by atoms with van der Waals surface area (Å²) >= 11 is 5.39. The molecule has 19 heavy (non-hydrogen) atoms. The van der Waals surface area contributed by atoms with Crippen LogP contribution in [0.5, 0.6) is 0 Å². The minimum atomic E-state index is 0.678. The van der Waals surface area contributed by atoms with Crippen molar-refractivity contribution in [2.24, 2.45) is 0 Å². The van der Waals surface area contributed by atoms with E-state index in [9.17, 15) is 0 Å². The summed E-state index contributed by atoms with van der Waals surface area (Å²) in [7, 11) is 2.23. The van der Waals surface area contributed by atoms with Crippen LogP contribution in [0.1, 0.15) is 11.1 Å². The molecular formula is C14H23N4S+. The summed E-state index contributed by atoms with van der Waals surface area (Å²) in [5, 5.41) is 6.18. The summed E-state index contributed by atoms with van der Waals surface area (Å²) in [5.41, 5.74) is 6.82. The third-order valence-electron chi connectivity index (χ3n) is 3.60. The normalized spacial score (nSPS) is 17.2. The molecule has 2 rings (SSSR count). The number of likely N-dealkylation sites (N-methyl/N-ethyl adjacent to an activating group) is 1. The van der Waals surface area contributed by atoms with Crippen molar-refractivity contribution in [2.45, 2.75) is 13.8 Å². The predicted octanol–water partition coefficient (Wildman–Crippen LogP) is 0.335. The van der Waals surface area contributed by atoms with Gasteiger partial charge in [0.25, 0.3) is 0 Å². The molecule has 104 valence electrons. The van der Waals surface area contributed by atoms with Crippen LogP contribution in [0.3, 0.4) is 0 Å². The molecule has 0 saturated carbocycles. The second-order valence-electron chi connectivity index (χ2n) is 5.28. The minimum Gasteiger partial charge on any atom is -0.335 e. The van der Waals surface area contributed by atoms with E-state index in [-0.39, 0.29) is 0 Å². The van der Waals surface area contributed by atoms with Crippen LogP contribution in [-0.4, -0.2) is 43.3 Å². The zero-order valence-corrected chi connectivity index (χ0v) is 12.7. The predicted molar refractivity (Wildman–Crippen MR) is 83.5 cm³/mol. The summed E-state index contributed by atoms with van der Waals surface area (Å²) in [4.78, 5) is 1.58. The van der Waals surface area contributed by atoms with Crippen LogP contribution in [0.25, 0.3) is 0 Å². The highest BCUT2D eigenvalue weighted by atomic mass is 32.1.